The number of rotatable bonds is 0. The van der Waals surface area contributed by atoms with Gasteiger partial charge < -0.3 is 9.97 Å². The predicted molar refractivity (Wildman–Crippen MR) is 314 cm³/mol. The lowest BCUT2D eigenvalue weighted by molar-refractivity contribution is 1.14. The minimum absolute atomic E-state index is 0.590. The number of nitrogens with zero attached hydrogens (tertiary/aromatic N) is 6. The van der Waals surface area contributed by atoms with Crippen LogP contribution in [0.25, 0.3) is 89.7 Å². The van der Waals surface area contributed by atoms with E-state index < -0.39 is 0 Å². The number of hydrogen-bond acceptors (Lipinski definition) is 14. The topological polar surface area (TPSA) is 109 Å². The van der Waals surface area contributed by atoms with E-state index in [1.165, 1.54) is 101 Å². The molecular formula is C60H34N8S8. The number of benzene rings is 8. The summed E-state index contributed by atoms with van der Waals surface area (Å²) in [4.78, 5) is 60.0. The number of aromatic nitrogens is 8. The number of hydrogen-bond donors (Lipinski definition) is 2. The third-order valence-corrected chi connectivity index (χ3v) is 24.3. The number of H-pyrrole nitrogens is 2. The second kappa shape index (κ2) is 16.7. The zero-order valence-electron chi connectivity index (χ0n) is 40.5. The maximum atomic E-state index is 5.55. The van der Waals surface area contributed by atoms with E-state index in [2.05, 4.69) is 159 Å². The highest BCUT2D eigenvalue weighted by Gasteiger charge is 2.30. The van der Waals surface area contributed by atoms with Gasteiger partial charge in [-0.1, -0.05) is 118 Å². The molecule has 2 N–H and O–H groups in total. The first-order chi connectivity index (χ1) is 37.1. The molecule has 0 spiro atoms. The number of fused-ring (bicyclic) bond motifs is 28. The maximum absolute atomic E-state index is 5.55. The molecule has 16 heteroatoms. The number of aromatic amines is 2. The van der Waals surface area contributed by atoms with Crippen LogP contribution in [0.5, 0.6) is 0 Å². The Morgan fingerprint density at radius 2 is 0.447 bits per heavy atom. The van der Waals surface area contributed by atoms with Crippen LogP contribution in [-0.4, -0.2) is 39.9 Å². The van der Waals surface area contributed by atoms with E-state index in [0.717, 1.165) is 43.8 Å². The molecule has 0 saturated heterocycles. The molecule has 8 bridgehead atoms. The molecule has 11 aromatic rings. The van der Waals surface area contributed by atoms with E-state index in [-0.39, 0.29) is 0 Å². The molecule has 362 valence electrons. The van der Waals surface area contributed by atoms with Crippen molar-refractivity contribution in [3.8, 4) is 45.6 Å². The van der Waals surface area contributed by atoms with Crippen molar-refractivity contribution in [3.63, 3.8) is 0 Å². The summed E-state index contributed by atoms with van der Waals surface area (Å²) < 4.78 is 0. The Hall–Kier alpha value is -6.08. The third kappa shape index (κ3) is 7.17. The quantitative estimate of drug-likeness (QED) is 0.150. The van der Waals surface area contributed by atoms with Crippen LogP contribution in [0, 0.1) is 27.7 Å². The van der Waals surface area contributed by atoms with Crippen molar-refractivity contribution in [1.82, 2.24) is 39.9 Å². The lowest BCUT2D eigenvalue weighted by Crippen LogP contribution is -1.93. The lowest BCUT2D eigenvalue weighted by Gasteiger charge is -2.19. The minimum atomic E-state index is 0.590. The van der Waals surface area contributed by atoms with Crippen molar-refractivity contribution < 1.29 is 0 Å². The predicted octanol–water partition coefficient (Wildman–Crippen LogP) is 18.6. The molecule has 0 saturated carbocycles. The van der Waals surface area contributed by atoms with Crippen LogP contribution in [-0.2, 0) is 0 Å². The summed E-state index contributed by atoms with van der Waals surface area (Å²) in [6, 6.07) is 45.0. The van der Waals surface area contributed by atoms with E-state index in [9.17, 15) is 0 Å². The average molecular weight is 1120 g/mol. The molecular weight excluding hydrogens is 1090 g/mol. The molecule has 8 aromatic carbocycles. The van der Waals surface area contributed by atoms with Crippen molar-refractivity contribution in [3.05, 3.63) is 144 Å². The van der Waals surface area contributed by atoms with E-state index in [1.807, 2.05) is 23.5 Å². The molecule has 76 heavy (non-hydrogen) atoms. The first-order valence-electron chi connectivity index (χ1n) is 24.5. The summed E-state index contributed by atoms with van der Waals surface area (Å²) in [5.41, 5.74) is 11.4. The highest BCUT2D eigenvalue weighted by molar-refractivity contribution is 8.06. The third-order valence-electron chi connectivity index (χ3n) is 14.2. The molecule has 6 aliphatic rings. The van der Waals surface area contributed by atoms with Gasteiger partial charge >= 0.3 is 0 Å². The molecule has 3 aromatic heterocycles. The first-order valence-corrected chi connectivity index (χ1v) is 31.1. The van der Waals surface area contributed by atoms with Gasteiger partial charge in [0, 0.05) is 122 Å². The number of aryl methyl sites for hydroxylation is 4. The van der Waals surface area contributed by atoms with Crippen LogP contribution in [0.3, 0.4) is 0 Å². The van der Waals surface area contributed by atoms with Crippen molar-refractivity contribution in [2.24, 2.45) is 0 Å². The molecule has 8 nitrogen and oxygen atoms in total. The monoisotopic (exact) mass is 1120 g/mol. The summed E-state index contributed by atoms with van der Waals surface area (Å²) in [7, 11) is 0. The fourth-order valence-electron chi connectivity index (χ4n) is 10.5. The molecule has 17 rings (SSSR count). The van der Waals surface area contributed by atoms with Crippen LogP contribution in [0.2, 0.25) is 0 Å². The van der Waals surface area contributed by atoms with Crippen LogP contribution >= 0.6 is 94.1 Å². The van der Waals surface area contributed by atoms with Gasteiger partial charge in [-0.25, -0.2) is 29.9 Å². The summed E-state index contributed by atoms with van der Waals surface area (Å²) in [6.45, 7) is 8.62. The molecule has 0 aliphatic carbocycles. The highest BCUT2D eigenvalue weighted by Crippen LogP contribution is 2.56. The van der Waals surface area contributed by atoms with E-state index >= 15 is 0 Å². The van der Waals surface area contributed by atoms with Crippen LogP contribution < -0.4 is 0 Å². The Bertz CT molecular complexity index is 4440. The standard InChI is InChI=1S/C60H34N8S8/c1-25-5-9-37-41(13-25)73-49-21-33-29(17-45(49)69-37)53-61-57(33)65-54-30-18-46-50(74-42-14-26(2)6-10-38(42)70-46)22-34(30)59(62-54)67-56-32-20-48-52(76-44-16-28(4)8-12-40(44)72-48)24-36(32)60(64-56)68-55-31-19-47-51(23-35(31)58(63-55)66-53)75-43-15-27(3)7-11-39(43)71-47/h5-24H,1-4H3,(H2,61,62,63,64,65,66,67,68). The van der Waals surface area contributed by atoms with Gasteiger partial charge in [0.2, 0.25) is 0 Å². The fraction of sp³-hybridized carbons (Fsp3) is 0.0667. The van der Waals surface area contributed by atoms with E-state index in [0.29, 0.717) is 45.9 Å². The molecule has 0 unspecified atom stereocenters. The minimum Gasteiger partial charge on any atom is -0.324 e. The van der Waals surface area contributed by atoms with Gasteiger partial charge in [-0.3, -0.25) is 0 Å². The van der Waals surface area contributed by atoms with Gasteiger partial charge in [-0.05, 0) is 147 Å². The van der Waals surface area contributed by atoms with Gasteiger partial charge in [0.25, 0.3) is 0 Å². The fourth-order valence-corrected chi connectivity index (χ4v) is 19.9. The highest BCUT2D eigenvalue weighted by atomic mass is 32.2. The molecule has 0 amide bonds. The average Bonchev–Trinajstić information content (AvgIpc) is 4.18. The molecule has 6 aliphatic heterocycles. The van der Waals surface area contributed by atoms with Crippen molar-refractivity contribution in [2.45, 2.75) is 106 Å². The van der Waals surface area contributed by atoms with Crippen LogP contribution in [0.15, 0.2) is 200 Å². The maximum Gasteiger partial charge on any atom is 0.164 e. The van der Waals surface area contributed by atoms with E-state index in [1.54, 1.807) is 70.6 Å². The van der Waals surface area contributed by atoms with Gasteiger partial charge in [0.05, 0.1) is 0 Å². The van der Waals surface area contributed by atoms with Crippen molar-refractivity contribution >= 4 is 138 Å². The summed E-state index contributed by atoms with van der Waals surface area (Å²) >= 11 is 14.4. The Balaban J connectivity index is 0.962. The second-order valence-electron chi connectivity index (χ2n) is 19.6. The normalized spacial score (nSPS) is 14.2. The zero-order chi connectivity index (χ0) is 50.2. The van der Waals surface area contributed by atoms with E-state index in [4.69, 9.17) is 29.9 Å². The van der Waals surface area contributed by atoms with Gasteiger partial charge in [-0.15, -0.1) is 0 Å². The van der Waals surface area contributed by atoms with Gasteiger partial charge in [-0.2, -0.15) is 0 Å². The number of nitrogens with one attached hydrogen (secondary N) is 2. The first kappa shape index (κ1) is 45.0. The smallest absolute Gasteiger partial charge is 0.164 e. The molecule has 9 heterocycles. The zero-order valence-corrected chi connectivity index (χ0v) is 47.0. The Morgan fingerprint density at radius 3 is 0.697 bits per heavy atom. The van der Waals surface area contributed by atoms with Crippen LogP contribution in [0.4, 0.5) is 0 Å². The summed E-state index contributed by atoms with van der Waals surface area (Å²) in [5.74, 6) is 2.36. The van der Waals surface area contributed by atoms with Gasteiger partial charge in [0.15, 0.2) is 23.3 Å². The Morgan fingerprint density at radius 1 is 0.237 bits per heavy atom. The van der Waals surface area contributed by atoms with Gasteiger partial charge in [0.1, 0.15) is 22.6 Å². The summed E-state index contributed by atoms with van der Waals surface area (Å²) in [6.07, 6.45) is 0. The largest absolute Gasteiger partial charge is 0.324 e. The SMILES string of the molecule is Cc1ccc2c(c1)Sc1cc3c(cc1S2)-c1nc-3nc2[nH]c(nc3nc(nc4[nH]c(n1)c1cc5c(cc41)Sc1ccc(C)cc1S5)-c1cc4c(cc1-3)Sc1ccc(C)cc1S4)c1cc3c(cc21)Sc1ccc(C)cc1S3. The molecule has 0 fully saturated rings. The van der Waals surface area contributed by atoms with Crippen molar-refractivity contribution in [1.29, 1.82) is 0 Å². The lowest BCUT2D eigenvalue weighted by atomic mass is 10.1. The molecule has 0 atom stereocenters. The summed E-state index contributed by atoms with van der Waals surface area (Å²) in [5, 5.41) is 3.84. The van der Waals surface area contributed by atoms with Crippen molar-refractivity contribution in [2.75, 3.05) is 0 Å². The Labute approximate surface area is 469 Å². The second-order valence-corrected chi connectivity index (χ2v) is 28.3. The Kier molecular flexibility index (Phi) is 9.89. The van der Waals surface area contributed by atoms with Crippen LogP contribution in [0.1, 0.15) is 22.3 Å². The molecule has 0 radical (unpaired) electrons.